The van der Waals surface area contributed by atoms with Crippen LogP contribution in [-0.4, -0.2) is 37.5 Å². The fraction of sp³-hybridized carbons (Fsp3) is 0.893. The first-order valence-corrected chi connectivity index (χ1v) is 13.4. The molecular weight excluding hydrogens is 400 g/mol. The molecule has 2 heterocycles. The molecule has 0 spiro atoms. The monoisotopic (exact) mass is 450 g/mol. The van der Waals surface area contributed by atoms with Gasteiger partial charge in [-0.3, -0.25) is 4.79 Å². The van der Waals surface area contributed by atoms with Gasteiger partial charge in [0.2, 0.25) is 0 Å². The average molecular weight is 451 g/mol. The van der Waals surface area contributed by atoms with E-state index in [0.29, 0.717) is 19.6 Å². The van der Waals surface area contributed by atoms with Crippen LogP contribution in [0.25, 0.3) is 0 Å². The molecule has 2 aliphatic heterocycles. The van der Waals surface area contributed by atoms with Crippen LogP contribution in [0.2, 0.25) is 0 Å². The molecule has 0 saturated carbocycles. The molecule has 0 aromatic heterocycles. The molecule has 0 aliphatic carbocycles. The van der Waals surface area contributed by atoms with Gasteiger partial charge in [0.25, 0.3) is 0 Å². The standard InChI is InChI=1S/C28H50O4/c1-21(2)10-6-11-22(3)12-7-13-23(4)14-8-15-24(5)16-9-17-27(29)32-26-20-31-25-18-19-30-28(25)26/h16,21-23,25-26,28H,6-15,17-20H2,1-5H3/b24-16+/t22?,23?,25?,26-,28?/m1/s1. The molecule has 2 rings (SSSR count). The fourth-order valence-electron chi connectivity index (χ4n) is 5.00. The van der Waals surface area contributed by atoms with Crippen molar-refractivity contribution in [2.24, 2.45) is 17.8 Å². The second kappa shape index (κ2) is 15.1. The highest BCUT2D eigenvalue weighted by molar-refractivity contribution is 5.69. The van der Waals surface area contributed by atoms with E-state index >= 15 is 0 Å². The van der Waals surface area contributed by atoms with Crippen LogP contribution < -0.4 is 0 Å². The number of hydrogen-bond donors (Lipinski definition) is 0. The summed E-state index contributed by atoms with van der Waals surface area (Å²) in [5, 5.41) is 0. The Morgan fingerprint density at radius 2 is 1.59 bits per heavy atom. The average Bonchev–Trinajstić information content (AvgIpc) is 3.33. The van der Waals surface area contributed by atoms with E-state index in [4.69, 9.17) is 14.2 Å². The maximum absolute atomic E-state index is 12.1. The first-order valence-electron chi connectivity index (χ1n) is 13.4. The maximum atomic E-state index is 12.1. The Hall–Kier alpha value is -0.870. The number of carbonyl (C=O) groups is 1. The number of fused-ring (bicyclic) bond motifs is 1. The van der Waals surface area contributed by atoms with Crippen molar-refractivity contribution in [1.82, 2.24) is 0 Å². The van der Waals surface area contributed by atoms with Gasteiger partial charge in [-0.1, -0.05) is 84.3 Å². The lowest BCUT2D eigenvalue weighted by atomic mass is 9.91. The number of carbonyl (C=O) groups excluding carboxylic acids is 1. The van der Waals surface area contributed by atoms with Crippen LogP contribution in [0, 0.1) is 17.8 Å². The van der Waals surface area contributed by atoms with Crippen molar-refractivity contribution in [2.45, 2.75) is 130 Å². The van der Waals surface area contributed by atoms with Gasteiger partial charge in [-0.15, -0.1) is 0 Å². The highest BCUT2D eigenvalue weighted by Gasteiger charge is 2.43. The normalized spacial score (nSPS) is 25.2. The molecule has 0 N–H and O–H groups in total. The number of ether oxygens (including phenoxy) is 3. The van der Waals surface area contributed by atoms with Crippen LogP contribution in [0.5, 0.6) is 0 Å². The van der Waals surface area contributed by atoms with Gasteiger partial charge in [-0.25, -0.2) is 0 Å². The fourth-order valence-corrected chi connectivity index (χ4v) is 5.00. The SMILES string of the molecule is C/C(=C\CCC(=O)O[C@@H]1COC2CCOC21)CCCC(C)CCCC(C)CCCC(C)C. The lowest BCUT2D eigenvalue weighted by Gasteiger charge is -2.16. The zero-order chi connectivity index (χ0) is 23.3. The van der Waals surface area contributed by atoms with Crippen LogP contribution in [0.3, 0.4) is 0 Å². The second-order valence-corrected chi connectivity index (χ2v) is 11.0. The van der Waals surface area contributed by atoms with Crippen molar-refractivity contribution in [3.63, 3.8) is 0 Å². The summed E-state index contributed by atoms with van der Waals surface area (Å²) in [4.78, 5) is 12.1. The van der Waals surface area contributed by atoms with E-state index in [1.807, 2.05) is 0 Å². The van der Waals surface area contributed by atoms with Crippen LogP contribution in [0.4, 0.5) is 0 Å². The van der Waals surface area contributed by atoms with E-state index in [1.54, 1.807) is 0 Å². The highest BCUT2D eigenvalue weighted by Crippen LogP contribution is 2.28. The third-order valence-corrected chi connectivity index (χ3v) is 7.18. The summed E-state index contributed by atoms with van der Waals surface area (Å²) in [5.74, 6) is 2.41. The summed E-state index contributed by atoms with van der Waals surface area (Å²) in [6.45, 7) is 12.9. The topological polar surface area (TPSA) is 44.8 Å². The Morgan fingerprint density at radius 3 is 2.28 bits per heavy atom. The Morgan fingerprint density at radius 1 is 0.938 bits per heavy atom. The summed E-state index contributed by atoms with van der Waals surface area (Å²) in [5.41, 5.74) is 1.40. The van der Waals surface area contributed by atoms with Crippen molar-refractivity contribution >= 4 is 5.97 Å². The van der Waals surface area contributed by atoms with Gasteiger partial charge in [0, 0.05) is 13.0 Å². The first-order chi connectivity index (χ1) is 15.3. The molecule has 5 atom stereocenters. The van der Waals surface area contributed by atoms with E-state index in [-0.39, 0.29) is 24.3 Å². The summed E-state index contributed by atoms with van der Waals surface area (Å²) in [6.07, 6.45) is 16.2. The zero-order valence-corrected chi connectivity index (χ0v) is 21.6. The van der Waals surface area contributed by atoms with Gasteiger partial charge in [0.05, 0.1) is 12.7 Å². The number of esters is 1. The Balaban J connectivity index is 1.47. The molecule has 32 heavy (non-hydrogen) atoms. The zero-order valence-electron chi connectivity index (χ0n) is 21.6. The summed E-state index contributed by atoms with van der Waals surface area (Å²) in [6, 6.07) is 0. The van der Waals surface area contributed by atoms with Crippen LogP contribution in [0.15, 0.2) is 11.6 Å². The number of rotatable bonds is 16. The first kappa shape index (κ1) is 27.4. The van der Waals surface area contributed by atoms with Gasteiger partial charge in [0.1, 0.15) is 6.10 Å². The van der Waals surface area contributed by atoms with Crippen molar-refractivity contribution < 1.29 is 19.0 Å². The van der Waals surface area contributed by atoms with Crippen molar-refractivity contribution in [1.29, 1.82) is 0 Å². The molecular formula is C28H50O4. The minimum absolute atomic E-state index is 0.0497. The molecule has 0 aromatic rings. The van der Waals surface area contributed by atoms with Gasteiger partial charge in [0.15, 0.2) is 6.10 Å². The van der Waals surface area contributed by atoms with Crippen LogP contribution in [-0.2, 0) is 19.0 Å². The molecule has 0 amide bonds. The molecule has 2 aliphatic rings. The molecule has 0 aromatic carbocycles. The Labute approximate surface area is 197 Å². The summed E-state index contributed by atoms with van der Waals surface area (Å²) in [7, 11) is 0. The van der Waals surface area contributed by atoms with E-state index in [0.717, 1.165) is 37.0 Å². The van der Waals surface area contributed by atoms with Gasteiger partial charge in [-0.05, 0) is 50.4 Å². The van der Waals surface area contributed by atoms with Gasteiger partial charge in [-0.2, -0.15) is 0 Å². The Kier molecular flexibility index (Phi) is 12.9. The van der Waals surface area contributed by atoms with E-state index in [2.05, 4.69) is 40.7 Å². The van der Waals surface area contributed by atoms with Crippen LogP contribution in [0.1, 0.15) is 112 Å². The lowest BCUT2D eigenvalue weighted by Crippen LogP contribution is -2.32. The molecule has 0 bridgehead atoms. The third kappa shape index (κ3) is 10.8. The second-order valence-electron chi connectivity index (χ2n) is 11.0. The molecule has 4 unspecified atom stereocenters. The van der Waals surface area contributed by atoms with Gasteiger partial charge >= 0.3 is 5.97 Å². The summed E-state index contributed by atoms with van der Waals surface area (Å²) < 4.78 is 16.9. The van der Waals surface area contributed by atoms with Crippen molar-refractivity contribution in [3.05, 3.63) is 11.6 Å². The maximum Gasteiger partial charge on any atom is 0.306 e. The minimum Gasteiger partial charge on any atom is -0.457 e. The highest BCUT2D eigenvalue weighted by atomic mass is 16.6. The quantitative estimate of drug-likeness (QED) is 0.183. The Bertz CT molecular complexity index is 556. The lowest BCUT2D eigenvalue weighted by molar-refractivity contribution is -0.153. The minimum atomic E-state index is -0.218. The predicted molar refractivity (Wildman–Crippen MR) is 132 cm³/mol. The number of hydrogen-bond acceptors (Lipinski definition) is 4. The largest absolute Gasteiger partial charge is 0.457 e. The van der Waals surface area contributed by atoms with Crippen molar-refractivity contribution in [2.75, 3.05) is 13.2 Å². The summed E-state index contributed by atoms with van der Waals surface area (Å²) >= 11 is 0. The third-order valence-electron chi connectivity index (χ3n) is 7.18. The molecule has 2 fully saturated rings. The predicted octanol–water partition coefficient (Wildman–Crippen LogP) is 7.25. The molecule has 186 valence electrons. The van der Waals surface area contributed by atoms with E-state index in [1.165, 1.54) is 56.9 Å². The van der Waals surface area contributed by atoms with Gasteiger partial charge < -0.3 is 14.2 Å². The number of allylic oxidation sites excluding steroid dienone is 2. The van der Waals surface area contributed by atoms with Crippen molar-refractivity contribution in [3.8, 4) is 0 Å². The molecule has 2 saturated heterocycles. The van der Waals surface area contributed by atoms with E-state index < -0.39 is 0 Å². The molecule has 0 radical (unpaired) electrons. The molecule has 4 nitrogen and oxygen atoms in total. The smallest absolute Gasteiger partial charge is 0.306 e. The van der Waals surface area contributed by atoms with Crippen LogP contribution >= 0.6 is 0 Å². The van der Waals surface area contributed by atoms with E-state index in [9.17, 15) is 4.79 Å². The molecule has 4 heteroatoms.